The van der Waals surface area contributed by atoms with Gasteiger partial charge in [-0.15, -0.1) is 0 Å². The van der Waals surface area contributed by atoms with E-state index in [2.05, 4.69) is 10.6 Å². The quantitative estimate of drug-likeness (QED) is 0.538. The standard InChI is InChI=1S/C18H22N4O5S/c1-12-8-16(17(22(24)25)9-13(12)2)20-18(23)11-19-14-6-5-7-15(10-14)28(26,27)21(3)4/h5-10,19H,11H2,1-4H3,(H,20,23). The number of nitrogens with zero attached hydrogens (tertiary/aromatic N) is 2. The summed E-state index contributed by atoms with van der Waals surface area (Å²) in [6.45, 7) is 3.36. The van der Waals surface area contributed by atoms with E-state index in [9.17, 15) is 23.3 Å². The summed E-state index contributed by atoms with van der Waals surface area (Å²) in [5.41, 5.74) is 1.93. The van der Waals surface area contributed by atoms with Crippen LogP contribution >= 0.6 is 0 Å². The van der Waals surface area contributed by atoms with Crippen molar-refractivity contribution in [2.45, 2.75) is 18.7 Å². The Bertz CT molecular complexity index is 1020. The van der Waals surface area contributed by atoms with Gasteiger partial charge in [-0.25, -0.2) is 12.7 Å². The van der Waals surface area contributed by atoms with Gasteiger partial charge in [0.25, 0.3) is 5.69 Å². The minimum absolute atomic E-state index is 0.0905. The first-order valence-electron chi connectivity index (χ1n) is 8.34. The third kappa shape index (κ3) is 4.84. The molecule has 0 radical (unpaired) electrons. The van der Waals surface area contributed by atoms with Crippen molar-refractivity contribution in [3.63, 3.8) is 0 Å². The fourth-order valence-electron chi connectivity index (χ4n) is 2.41. The SMILES string of the molecule is Cc1cc(NC(=O)CNc2cccc(S(=O)(=O)N(C)C)c2)c([N+](=O)[O-])cc1C. The number of anilines is 2. The highest BCUT2D eigenvalue weighted by Crippen LogP contribution is 2.28. The number of nitro benzene ring substituents is 1. The first kappa shape index (κ1) is 21.3. The minimum atomic E-state index is -3.59. The number of nitro groups is 1. The number of rotatable bonds is 7. The number of sulfonamides is 1. The van der Waals surface area contributed by atoms with Gasteiger partial charge in [-0.3, -0.25) is 14.9 Å². The average Bonchev–Trinajstić information content (AvgIpc) is 2.62. The molecule has 2 aromatic carbocycles. The number of hydrogen-bond donors (Lipinski definition) is 2. The summed E-state index contributed by atoms with van der Waals surface area (Å²) < 4.78 is 25.5. The van der Waals surface area contributed by atoms with Crippen LogP contribution in [0.2, 0.25) is 0 Å². The van der Waals surface area contributed by atoms with E-state index >= 15 is 0 Å². The van der Waals surface area contributed by atoms with Crippen LogP contribution in [-0.2, 0) is 14.8 Å². The molecule has 0 aromatic heterocycles. The lowest BCUT2D eigenvalue weighted by Crippen LogP contribution is -2.23. The molecule has 0 saturated carbocycles. The van der Waals surface area contributed by atoms with Crippen LogP contribution < -0.4 is 10.6 Å². The molecule has 2 aromatic rings. The lowest BCUT2D eigenvalue weighted by Gasteiger charge is -2.13. The Labute approximate surface area is 163 Å². The first-order chi connectivity index (χ1) is 13.0. The molecule has 0 aliphatic heterocycles. The molecule has 0 aliphatic rings. The Hall–Kier alpha value is -2.98. The molecule has 0 saturated heterocycles. The van der Waals surface area contributed by atoms with Crippen LogP contribution in [0.25, 0.3) is 0 Å². The fraction of sp³-hybridized carbons (Fsp3) is 0.278. The third-order valence-corrected chi connectivity index (χ3v) is 5.96. The van der Waals surface area contributed by atoms with Crippen LogP contribution in [0, 0.1) is 24.0 Å². The molecule has 1 amide bonds. The maximum absolute atomic E-state index is 12.2. The van der Waals surface area contributed by atoms with Gasteiger partial charge in [-0.2, -0.15) is 0 Å². The average molecular weight is 406 g/mol. The van der Waals surface area contributed by atoms with Gasteiger partial charge < -0.3 is 10.6 Å². The molecule has 9 nitrogen and oxygen atoms in total. The van der Waals surface area contributed by atoms with Crippen LogP contribution in [0.1, 0.15) is 11.1 Å². The lowest BCUT2D eigenvalue weighted by atomic mass is 10.1. The Morgan fingerprint density at radius 3 is 2.39 bits per heavy atom. The van der Waals surface area contributed by atoms with Crippen molar-refractivity contribution in [3.8, 4) is 0 Å². The van der Waals surface area contributed by atoms with Gasteiger partial charge >= 0.3 is 0 Å². The van der Waals surface area contributed by atoms with E-state index < -0.39 is 20.9 Å². The Kier molecular flexibility index (Phi) is 6.37. The second kappa shape index (κ2) is 8.36. The van der Waals surface area contributed by atoms with E-state index in [0.29, 0.717) is 5.69 Å². The normalized spacial score (nSPS) is 11.3. The summed E-state index contributed by atoms with van der Waals surface area (Å²) >= 11 is 0. The van der Waals surface area contributed by atoms with Gasteiger partial charge in [-0.05, 0) is 49.2 Å². The number of hydrogen-bond acceptors (Lipinski definition) is 6. The van der Waals surface area contributed by atoms with E-state index in [1.165, 1.54) is 32.3 Å². The zero-order valence-corrected chi connectivity index (χ0v) is 16.8. The van der Waals surface area contributed by atoms with Crippen molar-refractivity contribution in [2.24, 2.45) is 0 Å². The Balaban J connectivity index is 2.12. The maximum atomic E-state index is 12.2. The molecule has 2 rings (SSSR count). The third-order valence-electron chi connectivity index (χ3n) is 4.15. The number of nitrogens with one attached hydrogen (secondary N) is 2. The second-order valence-corrected chi connectivity index (χ2v) is 8.58. The number of carbonyl (C=O) groups is 1. The highest BCUT2D eigenvalue weighted by atomic mass is 32.2. The predicted molar refractivity (Wildman–Crippen MR) is 107 cm³/mol. The van der Waals surface area contributed by atoms with Crippen LogP contribution in [0.15, 0.2) is 41.3 Å². The summed E-state index contributed by atoms with van der Waals surface area (Å²) in [6, 6.07) is 9.02. The van der Waals surface area contributed by atoms with E-state index in [1.807, 2.05) is 0 Å². The summed E-state index contributed by atoms with van der Waals surface area (Å²) in [7, 11) is -0.733. The van der Waals surface area contributed by atoms with Crippen LogP contribution in [0.5, 0.6) is 0 Å². The number of benzene rings is 2. The van der Waals surface area contributed by atoms with E-state index in [-0.39, 0.29) is 22.8 Å². The van der Waals surface area contributed by atoms with Crippen molar-refractivity contribution in [2.75, 3.05) is 31.3 Å². The topological polar surface area (TPSA) is 122 Å². The van der Waals surface area contributed by atoms with E-state index in [1.54, 1.807) is 32.0 Å². The predicted octanol–water partition coefficient (Wildman–Crippen LogP) is 2.51. The largest absolute Gasteiger partial charge is 0.376 e. The van der Waals surface area contributed by atoms with E-state index in [0.717, 1.165) is 15.4 Å². The van der Waals surface area contributed by atoms with Gasteiger partial charge in [0.15, 0.2) is 0 Å². The van der Waals surface area contributed by atoms with Gasteiger partial charge in [0.05, 0.1) is 16.4 Å². The second-order valence-electron chi connectivity index (χ2n) is 6.43. The van der Waals surface area contributed by atoms with Crippen molar-refractivity contribution in [1.29, 1.82) is 0 Å². The molecule has 0 atom stereocenters. The fourth-order valence-corrected chi connectivity index (χ4v) is 3.35. The van der Waals surface area contributed by atoms with Crippen molar-refractivity contribution in [3.05, 3.63) is 57.6 Å². The monoisotopic (exact) mass is 406 g/mol. The number of amides is 1. The van der Waals surface area contributed by atoms with Crippen molar-refractivity contribution >= 4 is 33.0 Å². The number of carbonyl (C=O) groups excluding carboxylic acids is 1. The van der Waals surface area contributed by atoms with Crippen LogP contribution in [-0.4, -0.2) is 44.2 Å². The molecule has 10 heteroatoms. The zero-order chi connectivity index (χ0) is 21.1. The molecule has 2 N–H and O–H groups in total. The van der Waals surface area contributed by atoms with Crippen LogP contribution in [0.4, 0.5) is 17.1 Å². The molecule has 0 bridgehead atoms. The lowest BCUT2D eigenvalue weighted by molar-refractivity contribution is -0.384. The molecule has 0 spiro atoms. The summed E-state index contributed by atoms with van der Waals surface area (Å²) in [5, 5.41) is 16.6. The Morgan fingerprint density at radius 1 is 1.14 bits per heavy atom. The van der Waals surface area contributed by atoms with Crippen molar-refractivity contribution < 1.29 is 18.1 Å². The van der Waals surface area contributed by atoms with Gasteiger partial charge in [0.2, 0.25) is 15.9 Å². The van der Waals surface area contributed by atoms with E-state index in [4.69, 9.17) is 0 Å². The molecule has 150 valence electrons. The maximum Gasteiger partial charge on any atom is 0.293 e. The highest BCUT2D eigenvalue weighted by Gasteiger charge is 2.19. The number of aryl methyl sites for hydroxylation is 2. The van der Waals surface area contributed by atoms with Crippen molar-refractivity contribution in [1.82, 2.24) is 4.31 Å². The molecule has 28 heavy (non-hydrogen) atoms. The Morgan fingerprint density at radius 2 is 1.79 bits per heavy atom. The molecule has 0 fully saturated rings. The molecule has 0 unspecified atom stereocenters. The molecular formula is C18H22N4O5S. The van der Waals surface area contributed by atoms with Gasteiger partial charge in [-0.1, -0.05) is 6.07 Å². The highest BCUT2D eigenvalue weighted by molar-refractivity contribution is 7.89. The summed E-state index contributed by atoms with van der Waals surface area (Å²) in [6.07, 6.45) is 0. The summed E-state index contributed by atoms with van der Waals surface area (Å²) in [4.78, 5) is 23.0. The molecular weight excluding hydrogens is 384 g/mol. The first-order valence-corrected chi connectivity index (χ1v) is 9.78. The van der Waals surface area contributed by atoms with Crippen LogP contribution in [0.3, 0.4) is 0 Å². The minimum Gasteiger partial charge on any atom is -0.376 e. The van der Waals surface area contributed by atoms with Gasteiger partial charge in [0, 0.05) is 25.8 Å². The molecule has 0 aliphatic carbocycles. The smallest absolute Gasteiger partial charge is 0.293 e. The van der Waals surface area contributed by atoms with Gasteiger partial charge in [0.1, 0.15) is 5.69 Å². The zero-order valence-electron chi connectivity index (χ0n) is 16.0. The summed E-state index contributed by atoms with van der Waals surface area (Å²) in [5.74, 6) is -0.493. The molecule has 0 heterocycles.